The van der Waals surface area contributed by atoms with Gasteiger partial charge in [-0.1, -0.05) is 12.1 Å². The summed E-state index contributed by atoms with van der Waals surface area (Å²) < 4.78 is 31.0. The molecule has 0 unspecified atom stereocenters. The van der Waals surface area contributed by atoms with Crippen molar-refractivity contribution < 1.29 is 13.5 Å². The van der Waals surface area contributed by atoms with Crippen LogP contribution in [0.25, 0.3) is 0 Å². The van der Waals surface area contributed by atoms with Crippen LogP contribution in [-0.2, 0) is 0 Å². The molecule has 1 heterocycles. The maximum Gasteiger partial charge on any atom is 0.216 e. The first-order valence-electron chi connectivity index (χ1n) is 4.29. The van der Waals surface area contributed by atoms with Crippen molar-refractivity contribution in [2.45, 2.75) is 0 Å². The van der Waals surface area contributed by atoms with E-state index in [1.165, 1.54) is 24.4 Å². The van der Waals surface area contributed by atoms with E-state index in [0.29, 0.717) is 0 Å². The smallest absolute Gasteiger partial charge is 0.216 e. The number of rotatable bonds is 2. The lowest BCUT2D eigenvalue weighted by Gasteiger charge is -2.05. The lowest BCUT2D eigenvalue weighted by molar-refractivity contribution is 0.436. The van der Waals surface area contributed by atoms with Gasteiger partial charge in [-0.15, -0.1) is 0 Å². The second-order valence-electron chi connectivity index (χ2n) is 2.85. The average molecular weight is 207 g/mol. The highest BCUT2D eigenvalue weighted by Crippen LogP contribution is 2.23. The van der Waals surface area contributed by atoms with Crippen molar-refractivity contribution in [1.82, 2.24) is 4.98 Å². The fourth-order valence-corrected chi connectivity index (χ4v) is 1.10. The summed E-state index contributed by atoms with van der Waals surface area (Å²) in [6.45, 7) is 0. The Morgan fingerprint density at radius 3 is 2.60 bits per heavy atom. The van der Waals surface area contributed by atoms with E-state index < -0.39 is 11.8 Å². The van der Waals surface area contributed by atoms with Gasteiger partial charge in [0.2, 0.25) is 5.95 Å². The summed E-state index contributed by atoms with van der Waals surface area (Å²) in [6, 6.07) is 8.47. The van der Waals surface area contributed by atoms with Crippen LogP contribution in [0.5, 0.6) is 11.5 Å². The number of benzene rings is 1. The highest BCUT2D eigenvalue weighted by Gasteiger charge is 2.03. The van der Waals surface area contributed by atoms with Crippen LogP contribution in [0.2, 0.25) is 0 Å². The van der Waals surface area contributed by atoms with Crippen LogP contribution in [0.1, 0.15) is 0 Å². The third-order valence-electron chi connectivity index (χ3n) is 1.76. The Kier molecular flexibility index (Phi) is 2.58. The molecule has 0 N–H and O–H groups in total. The van der Waals surface area contributed by atoms with Gasteiger partial charge < -0.3 is 4.74 Å². The standard InChI is InChI=1S/C11H7F2NO/c12-9-3-1-2-4-10(9)15-8-5-6-14-11(13)7-8/h1-7H. The molecule has 15 heavy (non-hydrogen) atoms. The Morgan fingerprint density at radius 2 is 1.87 bits per heavy atom. The van der Waals surface area contributed by atoms with Gasteiger partial charge in [-0.2, -0.15) is 4.39 Å². The summed E-state index contributed by atoms with van der Waals surface area (Å²) in [5.41, 5.74) is 0. The van der Waals surface area contributed by atoms with Gasteiger partial charge in [0.15, 0.2) is 11.6 Å². The second-order valence-corrected chi connectivity index (χ2v) is 2.85. The van der Waals surface area contributed by atoms with E-state index in [-0.39, 0.29) is 11.5 Å². The summed E-state index contributed by atoms with van der Waals surface area (Å²) in [6.07, 6.45) is 1.26. The summed E-state index contributed by atoms with van der Waals surface area (Å²) in [5, 5.41) is 0. The van der Waals surface area contributed by atoms with Gasteiger partial charge in [0.25, 0.3) is 0 Å². The number of hydrogen-bond donors (Lipinski definition) is 0. The molecular formula is C11H7F2NO. The minimum Gasteiger partial charge on any atom is -0.454 e. The molecule has 0 atom stereocenters. The van der Waals surface area contributed by atoms with Crippen molar-refractivity contribution in [3.05, 3.63) is 54.4 Å². The monoisotopic (exact) mass is 207 g/mol. The fraction of sp³-hybridized carbons (Fsp3) is 0. The molecule has 0 saturated carbocycles. The largest absolute Gasteiger partial charge is 0.454 e. The van der Waals surface area contributed by atoms with E-state index in [0.717, 1.165) is 6.07 Å². The Morgan fingerprint density at radius 1 is 1.07 bits per heavy atom. The van der Waals surface area contributed by atoms with Crippen molar-refractivity contribution in [2.24, 2.45) is 0 Å². The number of ether oxygens (including phenoxy) is 1. The number of nitrogens with zero attached hydrogens (tertiary/aromatic N) is 1. The number of para-hydroxylation sites is 1. The fourth-order valence-electron chi connectivity index (χ4n) is 1.10. The predicted molar refractivity (Wildman–Crippen MR) is 50.7 cm³/mol. The topological polar surface area (TPSA) is 22.1 Å². The molecule has 0 amide bonds. The van der Waals surface area contributed by atoms with Gasteiger partial charge in [0.1, 0.15) is 5.75 Å². The lowest BCUT2D eigenvalue weighted by atomic mass is 10.3. The Labute approximate surface area is 85.2 Å². The molecule has 0 saturated heterocycles. The number of hydrogen-bond acceptors (Lipinski definition) is 2. The molecule has 2 aromatic rings. The van der Waals surface area contributed by atoms with E-state index in [4.69, 9.17) is 4.74 Å². The van der Waals surface area contributed by atoms with Crippen LogP contribution in [0.15, 0.2) is 42.6 Å². The quantitative estimate of drug-likeness (QED) is 0.705. The van der Waals surface area contributed by atoms with Gasteiger partial charge in [-0.25, -0.2) is 9.37 Å². The van der Waals surface area contributed by atoms with Gasteiger partial charge in [-0.3, -0.25) is 0 Å². The zero-order chi connectivity index (χ0) is 10.7. The molecule has 0 bridgehead atoms. The molecule has 2 rings (SSSR count). The summed E-state index contributed by atoms with van der Waals surface area (Å²) in [5.74, 6) is -0.880. The molecule has 1 aromatic carbocycles. The van der Waals surface area contributed by atoms with E-state index in [9.17, 15) is 8.78 Å². The van der Waals surface area contributed by atoms with E-state index in [2.05, 4.69) is 4.98 Å². The third kappa shape index (κ3) is 2.28. The summed E-state index contributed by atoms with van der Waals surface area (Å²) in [4.78, 5) is 3.36. The summed E-state index contributed by atoms with van der Waals surface area (Å²) >= 11 is 0. The molecular weight excluding hydrogens is 200 g/mol. The van der Waals surface area contributed by atoms with Gasteiger partial charge >= 0.3 is 0 Å². The van der Waals surface area contributed by atoms with Gasteiger partial charge in [0, 0.05) is 12.3 Å². The number of halogens is 2. The van der Waals surface area contributed by atoms with Gasteiger partial charge in [0.05, 0.1) is 0 Å². The molecule has 0 radical (unpaired) electrons. The second kappa shape index (κ2) is 4.04. The lowest BCUT2D eigenvalue weighted by Crippen LogP contribution is -1.89. The molecule has 76 valence electrons. The highest BCUT2D eigenvalue weighted by atomic mass is 19.1. The Hall–Kier alpha value is -1.97. The van der Waals surface area contributed by atoms with Crippen molar-refractivity contribution in [3.8, 4) is 11.5 Å². The zero-order valence-corrected chi connectivity index (χ0v) is 7.65. The molecule has 2 nitrogen and oxygen atoms in total. The number of pyridine rings is 1. The summed E-state index contributed by atoms with van der Waals surface area (Å²) in [7, 11) is 0. The minimum absolute atomic E-state index is 0.0584. The number of aromatic nitrogens is 1. The molecule has 0 aliphatic heterocycles. The van der Waals surface area contributed by atoms with Crippen LogP contribution in [0.3, 0.4) is 0 Å². The Balaban J connectivity index is 2.26. The van der Waals surface area contributed by atoms with Gasteiger partial charge in [-0.05, 0) is 18.2 Å². The maximum atomic E-state index is 13.1. The molecule has 4 heteroatoms. The van der Waals surface area contributed by atoms with E-state index in [1.54, 1.807) is 12.1 Å². The maximum absolute atomic E-state index is 13.1. The molecule has 0 fully saturated rings. The highest BCUT2D eigenvalue weighted by molar-refractivity contribution is 5.30. The van der Waals surface area contributed by atoms with Crippen LogP contribution < -0.4 is 4.74 Å². The third-order valence-corrected chi connectivity index (χ3v) is 1.76. The van der Waals surface area contributed by atoms with Crippen LogP contribution in [0, 0.1) is 11.8 Å². The van der Waals surface area contributed by atoms with E-state index >= 15 is 0 Å². The van der Waals surface area contributed by atoms with Crippen molar-refractivity contribution >= 4 is 0 Å². The van der Waals surface area contributed by atoms with Crippen molar-refractivity contribution in [2.75, 3.05) is 0 Å². The van der Waals surface area contributed by atoms with Crippen LogP contribution >= 0.6 is 0 Å². The first-order valence-corrected chi connectivity index (χ1v) is 4.29. The molecule has 0 spiro atoms. The SMILES string of the molecule is Fc1cc(Oc2ccccc2F)ccn1. The van der Waals surface area contributed by atoms with Crippen molar-refractivity contribution in [1.29, 1.82) is 0 Å². The first kappa shape index (κ1) is 9.58. The first-order chi connectivity index (χ1) is 7.25. The average Bonchev–Trinajstić information content (AvgIpc) is 2.22. The van der Waals surface area contributed by atoms with Crippen LogP contribution in [0.4, 0.5) is 8.78 Å². The minimum atomic E-state index is -0.663. The van der Waals surface area contributed by atoms with E-state index in [1.807, 2.05) is 0 Å². The zero-order valence-electron chi connectivity index (χ0n) is 7.65. The van der Waals surface area contributed by atoms with Crippen molar-refractivity contribution in [3.63, 3.8) is 0 Å². The normalized spacial score (nSPS) is 10.0. The predicted octanol–water partition coefficient (Wildman–Crippen LogP) is 3.15. The molecule has 1 aromatic heterocycles. The molecule has 0 aliphatic rings. The molecule has 0 aliphatic carbocycles. The van der Waals surface area contributed by atoms with Crippen LogP contribution in [-0.4, -0.2) is 4.98 Å². The Bertz CT molecular complexity index is 474.